The molecule has 1 aromatic rings. The Kier molecular flexibility index (Phi) is 4.28. The van der Waals surface area contributed by atoms with Crippen LogP contribution in [0, 0.1) is 11.3 Å². The molecular formula is C10H13N3O2S. The SMILES string of the molecule is CCCNS(=O)(=O)Nc1cccc(C#N)c1. The Labute approximate surface area is 95.3 Å². The molecular weight excluding hydrogens is 226 g/mol. The van der Waals surface area contributed by atoms with Gasteiger partial charge in [-0.25, -0.2) is 0 Å². The van der Waals surface area contributed by atoms with Crippen LogP contribution in [0.15, 0.2) is 24.3 Å². The van der Waals surface area contributed by atoms with E-state index in [1.54, 1.807) is 18.2 Å². The summed E-state index contributed by atoms with van der Waals surface area (Å²) in [4.78, 5) is 0. The second kappa shape index (κ2) is 5.49. The summed E-state index contributed by atoms with van der Waals surface area (Å²) in [6, 6.07) is 8.24. The van der Waals surface area contributed by atoms with Crippen molar-refractivity contribution in [2.24, 2.45) is 0 Å². The summed E-state index contributed by atoms with van der Waals surface area (Å²) in [5.74, 6) is 0. The van der Waals surface area contributed by atoms with Crippen molar-refractivity contribution in [3.63, 3.8) is 0 Å². The molecule has 0 fully saturated rings. The molecule has 0 radical (unpaired) electrons. The molecule has 0 amide bonds. The van der Waals surface area contributed by atoms with Gasteiger partial charge in [-0.1, -0.05) is 13.0 Å². The van der Waals surface area contributed by atoms with Gasteiger partial charge in [0.15, 0.2) is 0 Å². The van der Waals surface area contributed by atoms with E-state index in [0.29, 0.717) is 17.8 Å². The third kappa shape index (κ3) is 3.88. The molecule has 6 heteroatoms. The number of rotatable bonds is 5. The van der Waals surface area contributed by atoms with Crippen molar-refractivity contribution < 1.29 is 8.42 Å². The molecule has 0 bridgehead atoms. The van der Waals surface area contributed by atoms with Crippen LogP contribution in [0.25, 0.3) is 0 Å². The topological polar surface area (TPSA) is 82.0 Å². The molecule has 0 saturated carbocycles. The lowest BCUT2D eigenvalue weighted by Crippen LogP contribution is -2.30. The molecule has 0 aliphatic carbocycles. The molecule has 5 nitrogen and oxygen atoms in total. The van der Waals surface area contributed by atoms with Crippen LogP contribution >= 0.6 is 0 Å². The molecule has 0 aliphatic heterocycles. The Morgan fingerprint density at radius 1 is 1.44 bits per heavy atom. The van der Waals surface area contributed by atoms with E-state index >= 15 is 0 Å². The van der Waals surface area contributed by atoms with E-state index in [4.69, 9.17) is 5.26 Å². The highest BCUT2D eigenvalue weighted by molar-refractivity contribution is 7.90. The maximum absolute atomic E-state index is 11.5. The molecule has 0 saturated heterocycles. The van der Waals surface area contributed by atoms with E-state index in [1.807, 2.05) is 13.0 Å². The minimum Gasteiger partial charge on any atom is -0.271 e. The predicted octanol–water partition coefficient (Wildman–Crippen LogP) is 1.21. The van der Waals surface area contributed by atoms with Crippen molar-refractivity contribution in [1.29, 1.82) is 5.26 Å². The van der Waals surface area contributed by atoms with E-state index in [9.17, 15) is 8.42 Å². The van der Waals surface area contributed by atoms with Crippen LogP contribution in [0.2, 0.25) is 0 Å². The van der Waals surface area contributed by atoms with Gasteiger partial charge in [-0.2, -0.15) is 18.4 Å². The Morgan fingerprint density at radius 3 is 2.81 bits per heavy atom. The summed E-state index contributed by atoms with van der Waals surface area (Å²) in [6.45, 7) is 2.26. The summed E-state index contributed by atoms with van der Waals surface area (Å²) in [6.07, 6.45) is 0.721. The zero-order valence-corrected chi connectivity index (χ0v) is 9.71. The lowest BCUT2D eigenvalue weighted by Gasteiger charge is -2.08. The van der Waals surface area contributed by atoms with Crippen LogP contribution < -0.4 is 9.44 Å². The van der Waals surface area contributed by atoms with Crippen molar-refractivity contribution in [2.75, 3.05) is 11.3 Å². The quantitative estimate of drug-likeness (QED) is 0.810. The Bertz CT molecular complexity index is 491. The maximum atomic E-state index is 11.5. The van der Waals surface area contributed by atoms with Gasteiger partial charge >= 0.3 is 0 Å². The first-order valence-electron chi connectivity index (χ1n) is 4.85. The zero-order chi connectivity index (χ0) is 12.0. The minimum absolute atomic E-state index is 0.377. The summed E-state index contributed by atoms with van der Waals surface area (Å²) < 4.78 is 27.6. The highest BCUT2D eigenvalue weighted by atomic mass is 32.2. The standard InChI is InChI=1S/C10H13N3O2S/c1-2-6-12-16(14,15)13-10-5-3-4-9(7-10)8-11/h3-5,7,12-13H,2,6H2,1H3. The van der Waals surface area contributed by atoms with Crippen LogP contribution in [-0.4, -0.2) is 15.0 Å². The van der Waals surface area contributed by atoms with E-state index in [0.717, 1.165) is 6.42 Å². The molecule has 0 atom stereocenters. The fourth-order valence-electron chi connectivity index (χ4n) is 1.08. The van der Waals surface area contributed by atoms with E-state index in [-0.39, 0.29) is 0 Å². The van der Waals surface area contributed by atoms with Crippen molar-refractivity contribution in [2.45, 2.75) is 13.3 Å². The first kappa shape index (κ1) is 12.5. The smallest absolute Gasteiger partial charge is 0.271 e. The first-order valence-corrected chi connectivity index (χ1v) is 6.33. The fourth-order valence-corrected chi connectivity index (χ4v) is 2.06. The summed E-state index contributed by atoms with van der Waals surface area (Å²) >= 11 is 0. The number of nitrogens with one attached hydrogen (secondary N) is 2. The van der Waals surface area contributed by atoms with Crippen molar-refractivity contribution in [1.82, 2.24) is 4.72 Å². The van der Waals surface area contributed by atoms with Gasteiger partial charge in [0.25, 0.3) is 10.2 Å². The summed E-state index contributed by atoms with van der Waals surface area (Å²) in [5.41, 5.74) is 0.790. The number of nitriles is 1. The summed E-state index contributed by atoms with van der Waals surface area (Å²) in [5, 5.41) is 8.66. The second-order valence-electron chi connectivity index (χ2n) is 3.19. The number of hydrogen-bond acceptors (Lipinski definition) is 3. The van der Waals surface area contributed by atoms with Crippen molar-refractivity contribution >= 4 is 15.9 Å². The van der Waals surface area contributed by atoms with Gasteiger partial charge in [-0.3, -0.25) is 4.72 Å². The highest BCUT2D eigenvalue weighted by Crippen LogP contribution is 2.10. The monoisotopic (exact) mass is 239 g/mol. The molecule has 0 unspecified atom stereocenters. The van der Waals surface area contributed by atoms with E-state index in [2.05, 4.69) is 9.44 Å². The molecule has 1 aromatic carbocycles. The second-order valence-corrected chi connectivity index (χ2v) is 4.69. The average molecular weight is 239 g/mol. The molecule has 0 aromatic heterocycles. The number of hydrogen-bond donors (Lipinski definition) is 2. The van der Waals surface area contributed by atoms with Gasteiger partial charge in [0.2, 0.25) is 0 Å². The molecule has 86 valence electrons. The molecule has 0 spiro atoms. The third-order valence-corrected chi connectivity index (χ3v) is 2.87. The lowest BCUT2D eigenvalue weighted by atomic mass is 10.2. The van der Waals surface area contributed by atoms with Crippen LogP contribution in [0.4, 0.5) is 5.69 Å². The molecule has 1 rings (SSSR count). The molecule has 16 heavy (non-hydrogen) atoms. The van der Waals surface area contributed by atoms with Crippen LogP contribution in [-0.2, 0) is 10.2 Å². The minimum atomic E-state index is -3.53. The lowest BCUT2D eigenvalue weighted by molar-refractivity contribution is 0.586. The van der Waals surface area contributed by atoms with Gasteiger partial charge in [-0.05, 0) is 24.6 Å². The Hall–Kier alpha value is -1.58. The van der Waals surface area contributed by atoms with E-state index in [1.165, 1.54) is 6.07 Å². The van der Waals surface area contributed by atoms with Crippen molar-refractivity contribution in [3.8, 4) is 6.07 Å². The molecule has 0 aliphatic rings. The number of nitrogens with zero attached hydrogens (tertiary/aromatic N) is 1. The first-order chi connectivity index (χ1) is 7.57. The fraction of sp³-hybridized carbons (Fsp3) is 0.300. The highest BCUT2D eigenvalue weighted by Gasteiger charge is 2.08. The third-order valence-electron chi connectivity index (χ3n) is 1.79. The Balaban J connectivity index is 2.77. The van der Waals surface area contributed by atoms with E-state index < -0.39 is 10.2 Å². The predicted molar refractivity (Wildman–Crippen MR) is 62.0 cm³/mol. The van der Waals surface area contributed by atoms with Gasteiger partial charge < -0.3 is 0 Å². The maximum Gasteiger partial charge on any atom is 0.299 e. The van der Waals surface area contributed by atoms with Gasteiger partial charge in [0.1, 0.15) is 0 Å². The number of anilines is 1. The molecule has 2 N–H and O–H groups in total. The zero-order valence-electron chi connectivity index (χ0n) is 8.90. The van der Waals surface area contributed by atoms with Crippen LogP contribution in [0.5, 0.6) is 0 Å². The van der Waals surface area contributed by atoms with Crippen molar-refractivity contribution in [3.05, 3.63) is 29.8 Å². The number of benzene rings is 1. The largest absolute Gasteiger partial charge is 0.299 e. The van der Waals surface area contributed by atoms with Crippen LogP contribution in [0.3, 0.4) is 0 Å². The van der Waals surface area contributed by atoms with Crippen LogP contribution in [0.1, 0.15) is 18.9 Å². The normalized spacial score (nSPS) is 10.8. The van der Waals surface area contributed by atoms with Gasteiger partial charge in [0, 0.05) is 6.54 Å². The van der Waals surface area contributed by atoms with Gasteiger partial charge in [0.05, 0.1) is 17.3 Å². The van der Waals surface area contributed by atoms with Gasteiger partial charge in [-0.15, -0.1) is 0 Å². The Morgan fingerprint density at radius 2 is 2.19 bits per heavy atom. The molecule has 0 heterocycles. The average Bonchev–Trinajstić information content (AvgIpc) is 2.26. The summed E-state index contributed by atoms with van der Waals surface area (Å²) in [7, 11) is -3.53.